The minimum absolute atomic E-state index is 0.0837. The van der Waals surface area contributed by atoms with Crippen molar-refractivity contribution in [3.63, 3.8) is 0 Å². The van der Waals surface area contributed by atoms with E-state index in [1.54, 1.807) is 6.07 Å². The van der Waals surface area contributed by atoms with Gasteiger partial charge in [-0.3, -0.25) is 0 Å². The Morgan fingerprint density at radius 2 is 1.77 bits per heavy atom. The molecule has 0 amide bonds. The zero-order valence-corrected chi connectivity index (χ0v) is 17.9. The number of alkyl halides is 3. The third-order valence-corrected chi connectivity index (χ3v) is 6.67. The molecule has 4 rings (SSSR count). The molecule has 1 aromatic heterocycles. The quantitative estimate of drug-likeness (QED) is 0.477. The Hall–Kier alpha value is -2.38. The molecule has 1 aliphatic rings. The number of rotatable bonds is 5. The second-order valence-electron chi connectivity index (χ2n) is 7.90. The normalized spacial score (nSPS) is 16.1. The predicted octanol–water partition coefficient (Wildman–Crippen LogP) is 6.51. The third-order valence-electron chi connectivity index (χ3n) is 5.80. The summed E-state index contributed by atoms with van der Waals surface area (Å²) in [5, 5.41) is 11.5. The SMILES string of the molecule is OCCn1c(-c2ccc(C3CCCCC3)cc2)csc1=Nc1cccc(C(F)(F)F)c1. The van der Waals surface area contributed by atoms with Gasteiger partial charge in [-0.05, 0) is 48.1 Å². The summed E-state index contributed by atoms with van der Waals surface area (Å²) in [6, 6.07) is 13.5. The molecule has 164 valence electrons. The highest BCUT2D eigenvalue weighted by atomic mass is 32.1. The van der Waals surface area contributed by atoms with Gasteiger partial charge in [0.25, 0.3) is 0 Å². The lowest BCUT2D eigenvalue weighted by atomic mass is 9.84. The van der Waals surface area contributed by atoms with Crippen LogP contribution in [-0.4, -0.2) is 16.3 Å². The van der Waals surface area contributed by atoms with Crippen molar-refractivity contribution in [2.24, 2.45) is 4.99 Å². The summed E-state index contributed by atoms with van der Waals surface area (Å²) < 4.78 is 40.9. The number of aliphatic hydroxyl groups is 1. The average Bonchev–Trinajstić information content (AvgIpc) is 3.16. The third kappa shape index (κ3) is 5.10. The zero-order valence-electron chi connectivity index (χ0n) is 17.1. The van der Waals surface area contributed by atoms with Crippen LogP contribution in [0, 0.1) is 0 Å². The molecule has 0 atom stereocenters. The van der Waals surface area contributed by atoms with Crippen LogP contribution >= 0.6 is 11.3 Å². The van der Waals surface area contributed by atoms with Crippen molar-refractivity contribution in [1.29, 1.82) is 0 Å². The second-order valence-corrected chi connectivity index (χ2v) is 8.73. The highest BCUT2D eigenvalue weighted by Crippen LogP contribution is 2.34. The molecule has 0 aliphatic heterocycles. The standard InChI is InChI=1S/C24H25F3N2OS/c25-24(26,27)20-7-4-8-21(15-20)28-23-29(13-14-30)22(16-31-23)19-11-9-18(10-12-19)17-5-2-1-3-6-17/h4,7-12,15-17,30H,1-3,5-6,13-14H2. The summed E-state index contributed by atoms with van der Waals surface area (Å²) in [6.07, 6.45) is 1.96. The lowest BCUT2D eigenvalue weighted by molar-refractivity contribution is -0.137. The molecule has 31 heavy (non-hydrogen) atoms. The van der Waals surface area contributed by atoms with E-state index in [-0.39, 0.29) is 12.3 Å². The second kappa shape index (κ2) is 9.40. The number of hydrogen-bond acceptors (Lipinski definition) is 3. The Morgan fingerprint density at radius 3 is 2.45 bits per heavy atom. The van der Waals surface area contributed by atoms with E-state index in [9.17, 15) is 18.3 Å². The number of hydrogen-bond donors (Lipinski definition) is 1. The Morgan fingerprint density at radius 1 is 1.03 bits per heavy atom. The first-order chi connectivity index (χ1) is 15.0. The summed E-state index contributed by atoms with van der Waals surface area (Å²) >= 11 is 1.36. The maximum Gasteiger partial charge on any atom is 0.416 e. The van der Waals surface area contributed by atoms with Crippen LogP contribution in [-0.2, 0) is 12.7 Å². The van der Waals surface area contributed by atoms with Crippen LogP contribution in [0.5, 0.6) is 0 Å². The van der Waals surface area contributed by atoms with Gasteiger partial charge >= 0.3 is 6.18 Å². The molecular weight excluding hydrogens is 421 g/mol. The van der Waals surface area contributed by atoms with Crippen molar-refractivity contribution in [3.8, 4) is 11.3 Å². The van der Waals surface area contributed by atoms with Gasteiger partial charge in [0.1, 0.15) is 0 Å². The van der Waals surface area contributed by atoms with Crippen molar-refractivity contribution in [2.45, 2.75) is 50.7 Å². The van der Waals surface area contributed by atoms with E-state index in [2.05, 4.69) is 29.3 Å². The van der Waals surface area contributed by atoms with Gasteiger partial charge in [-0.2, -0.15) is 13.2 Å². The first-order valence-electron chi connectivity index (χ1n) is 10.6. The maximum atomic E-state index is 13.0. The van der Waals surface area contributed by atoms with E-state index in [0.717, 1.165) is 23.4 Å². The number of thiazole rings is 1. The van der Waals surface area contributed by atoms with Crippen LogP contribution < -0.4 is 4.80 Å². The predicted molar refractivity (Wildman–Crippen MR) is 117 cm³/mol. The molecule has 7 heteroatoms. The topological polar surface area (TPSA) is 37.5 Å². The summed E-state index contributed by atoms with van der Waals surface area (Å²) in [5.41, 5.74) is 2.79. The van der Waals surface area contributed by atoms with E-state index < -0.39 is 11.7 Å². The van der Waals surface area contributed by atoms with Crippen molar-refractivity contribution < 1.29 is 18.3 Å². The molecule has 0 spiro atoms. The number of benzene rings is 2. The van der Waals surface area contributed by atoms with Gasteiger partial charge in [0.15, 0.2) is 4.80 Å². The molecule has 0 saturated heterocycles. The van der Waals surface area contributed by atoms with E-state index in [4.69, 9.17) is 0 Å². The van der Waals surface area contributed by atoms with Gasteiger partial charge in [0.05, 0.1) is 23.6 Å². The first-order valence-corrected chi connectivity index (χ1v) is 11.4. The molecule has 1 heterocycles. The molecule has 0 radical (unpaired) electrons. The molecule has 1 saturated carbocycles. The highest BCUT2D eigenvalue weighted by Gasteiger charge is 2.30. The lowest BCUT2D eigenvalue weighted by Crippen LogP contribution is -2.18. The van der Waals surface area contributed by atoms with E-state index in [1.807, 2.05) is 9.95 Å². The summed E-state index contributed by atoms with van der Waals surface area (Å²) in [7, 11) is 0. The Labute approximate surface area is 183 Å². The number of nitrogens with zero attached hydrogens (tertiary/aromatic N) is 2. The van der Waals surface area contributed by atoms with Crippen LogP contribution in [0.2, 0.25) is 0 Å². The summed E-state index contributed by atoms with van der Waals surface area (Å²) in [5.74, 6) is 0.626. The van der Waals surface area contributed by atoms with Crippen LogP contribution in [0.1, 0.15) is 49.1 Å². The summed E-state index contributed by atoms with van der Waals surface area (Å²) in [4.78, 5) is 5.00. The Balaban J connectivity index is 1.67. The molecule has 1 N–H and O–H groups in total. The minimum atomic E-state index is -4.41. The molecule has 1 fully saturated rings. The van der Waals surface area contributed by atoms with Gasteiger partial charge in [-0.15, -0.1) is 11.3 Å². The van der Waals surface area contributed by atoms with E-state index >= 15 is 0 Å². The zero-order chi connectivity index (χ0) is 21.8. The fraction of sp³-hybridized carbons (Fsp3) is 0.375. The molecule has 1 aliphatic carbocycles. The molecule has 3 nitrogen and oxygen atoms in total. The van der Waals surface area contributed by atoms with Gasteiger partial charge in [-0.1, -0.05) is 49.6 Å². The van der Waals surface area contributed by atoms with Crippen molar-refractivity contribution in [2.75, 3.05) is 6.61 Å². The molecule has 0 bridgehead atoms. The number of aromatic nitrogens is 1. The molecule has 2 aromatic carbocycles. The smallest absolute Gasteiger partial charge is 0.395 e. The fourth-order valence-electron chi connectivity index (χ4n) is 4.19. The van der Waals surface area contributed by atoms with Gasteiger partial charge < -0.3 is 9.67 Å². The van der Waals surface area contributed by atoms with E-state index in [1.165, 1.54) is 55.1 Å². The Bertz CT molecular complexity index is 1080. The number of halogens is 3. The van der Waals surface area contributed by atoms with Crippen LogP contribution in [0.25, 0.3) is 11.3 Å². The van der Waals surface area contributed by atoms with Gasteiger partial charge in [0.2, 0.25) is 0 Å². The minimum Gasteiger partial charge on any atom is -0.395 e. The first kappa shape index (κ1) is 21.8. The number of aliphatic hydroxyl groups excluding tert-OH is 1. The van der Waals surface area contributed by atoms with Crippen LogP contribution in [0.15, 0.2) is 58.9 Å². The fourth-order valence-corrected chi connectivity index (χ4v) is 5.15. The molecule has 0 unspecified atom stereocenters. The van der Waals surface area contributed by atoms with Crippen LogP contribution in [0.4, 0.5) is 18.9 Å². The molecule has 3 aromatic rings. The maximum absolute atomic E-state index is 13.0. The van der Waals surface area contributed by atoms with E-state index in [0.29, 0.717) is 17.3 Å². The van der Waals surface area contributed by atoms with Crippen molar-refractivity contribution >= 4 is 17.0 Å². The van der Waals surface area contributed by atoms with Gasteiger partial charge in [0, 0.05) is 11.9 Å². The highest BCUT2D eigenvalue weighted by molar-refractivity contribution is 7.07. The monoisotopic (exact) mass is 446 g/mol. The van der Waals surface area contributed by atoms with Crippen molar-refractivity contribution in [3.05, 3.63) is 69.8 Å². The van der Waals surface area contributed by atoms with Crippen molar-refractivity contribution in [1.82, 2.24) is 4.57 Å². The van der Waals surface area contributed by atoms with Crippen LogP contribution in [0.3, 0.4) is 0 Å². The lowest BCUT2D eigenvalue weighted by Gasteiger charge is -2.22. The Kier molecular flexibility index (Phi) is 6.62. The largest absolute Gasteiger partial charge is 0.416 e. The summed E-state index contributed by atoms with van der Waals surface area (Å²) in [6.45, 7) is 0.237. The van der Waals surface area contributed by atoms with Gasteiger partial charge in [-0.25, -0.2) is 4.99 Å². The average molecular weight is 447 g/mol. The molecular formula is C24H25F3N2OS.